The van der Waals surface area contributed by atoms with E-state index in [0.29, 0.717) is 5.76 Å². The van der Waals surface area contributed by atoms with Gasteiger partial charge in [-0.1, -0.05) is 42.5 Å². The Kier molecular flexibility index (Phi) is 2.65. The molecule has 1 unspecified atom stereocenters. The summed E-state index contributed by atoms with van der Waals surface area (Å²) in [6.07, 6.45) is -0.575. The first kappa shape index (κ1) is 11.1. The summed E-state index contributed by atoms with van der Waals surface area (Å²) in [5.41, 5.74) is 1.06. The molecule has 1 aromatic heterocycles. The number of hydrogen-bond donors (Lipinski definition) is 1. The van der Waals surface area contributed by atoms with Gasteiger partial charge in [-0.15, -0.1) is 0 Å². The van der Waals surface area contributed by atoms with E-state index in [-0.39, 0.29) is 0 Å². The van der Waals surface area contributed by atoms with Gasteiger partial charge in [-0.3, -0.25) is 0 Å². The molecule has 0 spiro atoms. The highest BCUT2D eigenvalue weighted by Gasteiger charge is 2.10. The van der Waals surface area contributed by atoms with Crippen LogP contribution in [0.4, 0.5) is 0 Å². The van der Waals surface area contributed by atoms with Crippen molar-refractivity contribution in [2.75, 3.05) is 0 Å². The third-order valence-corrected chi connectivity index (χ3v) is 3.09. The largest absolute Gasteiger partial charge is 0.458 e. The number of aliphatic hydroxyl groups is 1. The first-order valence-corrected chi connectivity index (χ1v) is 6.01. The standard InChI is InChI=1S/C16H14O2/c1-11(17)15-9-10-16(18-15)14-8-4-6-12-5-2-3-7-13(12)14/h2-11,17H,1H3. The van der Waals surface area contributed by atoms with Crippen molar-refractivity contribution >= 4 is 10.8 Å². The molecule has 3 aromatic rings. The van der Waals surface area contributed by atoms with E-state index in [0.717, 1.165) is 16.7 Å². The normalized spacial score (nSPS) is 12.8. The van der Waals surface area contributed by atoms with Crippen LogP contribution in [0, 0.1) is 0 Å². The lowest BCUT2D eigenvalue weighted by Crippen LogP contribution is -1.85. The van der Waals surface area contributed by atoms with Crippen molar-refractivity contribution in [1.82, 2.24) is 0 Å². The van der Waals surface area contributed by atoms with Crippen LogP contribution in [0.5, 0.6) is 0 Å². The molecule has 0 aliphatic heterocycles. The molecule has 2 heteroatoms. The highest BCUT2D eigenvalue weighted by molar-refractivity contribution is 5.95. The Hall–Kier alpha value is -2.06. The average molecular weight is 238 g/mol. The molecule has 1 heterocycles. The lowest BCUT2D eigenvalue weighted by molar-refractivity contribution is 0.170. The molecule has 0 saturated carbocycles. The molecule has 3 rings (SSSR count). The molecule has 1 atom stereocenters. The summed E-state index contributed by atoms with van der Waals surface area (Å²) < 4.78 is 5.69. The van der Waals surface area contributed by atoms with Gasteiger partial charge in [0.25, 0.3) is 0 Å². The van der Waals surface area contributed by atoms with Crippen molar-refractivity contribution in [3.63, 3.8) is 0 Å². The van der Waals surface area contributed by atoms with Crippen LogP contribution in [-0.2, 0) is 0 Å². The summed E-state index contributed by atoms with van der Waals surface area (Å²) in [6, 6.07) is 18.1. The Morgan fingerprint density at radius 2 is 1.72 bits per heavy atom. The highest BCUT2D eigenvalue weighted by Crippen LogP contribution is 2.31. The lowest BCUT2D eigenvalue weighted by atomic mass is 10.0. The molecule has 90 valence electrons. The topological polar surface area (TPSA) is 33.4 Å². The van der Waals surface area contributed by atoms with Crippen LogP contribution in [0.2, 0.25) is 0 Å². The first-order chi connectivity index (χ1) is 8.75. The van der Waals surface area contributed by atoms with Gasteiger partial charge in [-0.05, 0) is 29.8 Å². The predicted octanol–water partition coefficient (Wildman–Crippen LogP) is 4.15. The van der Waals surface area contributed by atoms with E-state index in [4.69, 9.17) is 4.42 Å². The number of rotatable bonds is 2. The average Bonchev–Trinajstić information content (AvgIpc) is 2.87. The Balaban J connectivity index is 2.18. The van der Waals surface area contributed by atoms with Crippen LogP contribution in [-0.4, -0.2) is 5.11 Å². The van der Waals surface area contributed by atoms with Crippen LogP contribution in [0.1, 0.15) is 18.8 Å². The fourth-order valence-electron chi connectivity index (χ4n) is 2.16. The lowest BCUT2D eigenvalue weighted by Gasteiger charge is -2.04. The van der Waals surface area contributed by atoms with Crippen molar-refractivity contribution in [1.29, 1.82) is 0 Å². The van der Waals surface area contributed by atoms with Crippen LogP contribution in [0.15, 0.2) is 59.0 Å². The van der Waals surface area contributed by atoms with Crippen molar-refractivity contribution in [3.05, 3.63) is 60.4 Å². The van der Waals surface area contributed by atoms with Gasteiger partial charge in [0.2, 0.25) is 0 Å². The molecule has 2 aromatic carbocycles. The second-order valence-electron chi connectivity index (χ2n) is 4.40. The minimum absolute atomic E-state index is 0.575. The van der Waals surface area contributed by atoms with Crippen LogP contribution < -0.4 is 0 Å². The Morgan fingerprint density at radius 1 is 0.944 bits per heavy atom. The van der Waals surface area contributed by atoms with E-state index >= 15 is 0 Å². The van der Waals surface area contributed by atoms with Gasteiger partial charge >= 0.3 is 0 Å². The van der Waals surface area contributed by atoms with Crippen LogP contribution in [0.25, 0.3) is 22.1 Å². The zero-order valence-electron chi connectivity index (χ0n) is 10.1. The third-order valence-electron chi connectivity index (χ3n) is 3.09. The van der Waals surface area contributed by atoms with E-state index in [1.165, 1.54) is 5.39 Å². The van der Waals surface area contributed by atoms with E-state index in [1.807, 2.05) is 36.4 Å². The third kappa shape index (κ3) is 1.81. The number of furan rings is 1. The second kappa shape index (κ2) is 4.31. The first-order valence-electron chi connectivity index (χ1n) is 6.01. The van der Waals surface area contributed by atoms with E-state index < -0.39 is 6.10 Å². The van der Waals surface area contributed by atoms with E-state index in [9.17, 15) is 5.11 Å². The van der Waals surface area contributed by atoms with Crippen molar-refractivity contribution < 1.29 is 9.52 Å². The quantitative estimate of drug-likeness (QED) is 0.727. The number of aliphatic hydroxyl groups excluding tert-OH is 1. The Morgan fingerprint density at radius 3 is 2.50 bits per heavy atom. The second-order valence-corrected chi connectivity index (χ2v) is 4.40. The van der Waals surface area contributed by atoms with E-state index in [2.05, 4.69) is 18.2 Å². The summed E-state index contributed by atoms with van der Waals surface area (Å²) in [5, 5.41) is 11.8. The maximum absolute atomic E-state index is 9.50. The monoisotopic (exact) mass is 238 g/mol. The van der Waals surface area contributed by atoms with Gasteiger partial charge in [0.15, 0.2) is 0 Å². The minimum Gasteiger partial charge on any atom is -0.458 e. The SMILES string of the molecule is CC(O)c1ccc(-c2cccc3ccccc23)o1. The van der Waals surface area contributed by atoms with Gasteiger partial charge < -0.3 is 9.52 Å². The van der Waals surface area contributed by atoms with Crippen LogP contribution >= 0.6 is 0 Å². The summed E-state index contributed by atoms with van der Waals surface area (Å²) in [5.74, 6) is 1.39. The molecule has 0 bridgehead atoms. The molecule has 0 aliphatic rings. The van der Waals surface area contributed by atoms with Crippen molar-refractivity contribution in [2.45, 2.75) is 13.0 Å². The molecule has 2 nitrogen and oxygen atoms in total. The fourth-order valence-corrected chi connectivity index (χ4v) is 2.16. The maximum atomic E-state index is 9.50. The van der Waals surface area contributed by atoms with E-state index in [1.54, 1.807) is 6.92 Å². The summed E-state index contributed by atoms with van der Waals surface area (Å²) >= 11 is 0. The molecule has 0 radical (unpaired) electrons. The van der Waals surface area contributed by atoms with Gasteiger partial charge in [0.1, 0.15) is 17.6 Å². The highest BCUT2D eigenvalue weighted by atomic mass is 16.4. The maximum Gasteiger partial charge on any atom is 0.135 e. The molecular weight excluding hydrogens is 224 g/mol. The van der Waals surface area contributed by atoms with Gasteiger partial charge in [0, 0.05) is 5.56 Å². The predicted molar refractivity (Wildman–Crippen MR) is 72.3 cm³/mol. The molecule has 0 saturated heterocycles. The van der Waals surface area contributed by atoms with Crippen LogP contribution in [0.3, 0.4) is 0 Å². The van der Waals surface area contributed by atoms with Gasteiger partial charge in [0.05, 0.1) is 0 Å². The molecule has 0 aliphatic carbocycles. The number of hydrogen-bond acceptors (Lipinski definition) is 2. The molecule has 0 amide bonds. The number of fused-ring (bicyclic) bond motifs is 1. The molecule has 0 fully saturated rings. The number of benzene rings is 2. The Bertz CT molecular complexity index is 675. The minimum atomic E-state index is -0.575. The summed E-state index contributed by atoms with van der Waals surface area (Å²) in [4.78, 5) is 0. The molecular formula is C16H14O2. The van der Waals surface area contributed by atoms with Crippen molar-refractivity contribution in [2.24, 2.45) is 0 Å². The smallest absolute Gasteiger partial charge is 0.135 e. The molecule has 1 N–H and O–H groups in total. The van der Waals surface area contributed by atoms with Gasteiger partial charge in [-0.25, -0.2) is 0 Å². The zero-order valence-corrected chi connectivity index (χ0v) is 10.1. The molecule has 18 heavy (non-hydrogen) atoms. The zero-order chi connectivity index (χ0) is 12.5. The summed E-state index contributed by atoms with van der Waals surface area (Å²) in [6.45, 7) is 1.70. The fraction of sp³-hybridized carbons (Fsp3) is 0.125. The Labute approximate surface area is 105 Å². The summed E-state index contributed by atoms with van der Waals surface area (Å²) in [7, 11) is 0. The van der Waals surface area contributed by atoms with Gasteiger partial charge in [-0.2, -0.15) is 0 Å². The van der Waals surface area contributed by atoms with Crippen molar-refractivity contribution in [3.8, 4) is 11.3 Å².